The number of rotatable bonds is 10. The van der Waals surface area contributed by atoms with Gasteiger partial charge in [0.05, 0.1) is 38.3 Å². The fourth-order valence-electron chi connectivity index (χ4n) is 2.66. The molecule has 0 aliphatic rings. The Kier molecular flexibility index (Phi) is 8.42. The van der Waals surface area contributed by atoms with Crippen molar-refractivity contribution >= 4 is 12.1 Å². The second-order valence-electron chi connectivity index (χ2n) is 6.09. The zero-order valence-electron chi connectivity index (χ0n) is 17.6. The summed E-state index contributed by atoms with van der Waals surface area (Å²) in [5.74, 6) is 0.602. The Morgan fingerprint density at radius 1 is 1.13 bits per heavy atom. The van der Waals surface area contributed by atoms with Gasteiger partial charge in [-0.3, -0.25) is 9.78 Å². The van der Waals surface area contributed by atoms with Gasteiger partial charge in [0.2, 0.25) is 5.75 Å². The molecule has 1 aromatic carbocycles. The van der Waals surface area contributed by atoms with Crippen LogP contribution in [0.4, 0.5) is 0 Å². The molecule has 30 heavy (non-hydrogen) atoms. The first-order chi connectivity index (χ1) is 14.5. The van der Waals surface area contributed by atoms with E-state index in [2.05, 4.69) is 15.5 Å². The minimum absolute atomic E-state index is 0.113. The van der Waals surface area contributed by atoms with Crippen LogP contribution in [0.15, 0.2) is 23.4 Å². The van der Waals surface area contributed by atoms with Crippen molar-refractivity contribution in [3.8, 4) is 23.0 Å². The van der Waals surface area contributed by atoms with E-state index in [-0.39, 0.29) is 23.5 Å². The average molecular weight is 417 g/mol. The first-order valence-electron chi connectivity index (χ1n) is 9.64. The number of hydrogen-bond acceptors (Lipinski definition) is 8. The quantitative estimate of drug-likeness (QED) is 0.401. The van der Waals surface area contributed by atoms with E-state index in [4.69, 9.17) is 14.2 Å². The molecule has 1 aromatic heterocycles. The Bertz CT molecular complexity index is 887. The van der Waals surface area contributed by atoms with Crippen LogP contribution in [-0.4, -0.2) is 47.1 Å². The number of aliphatic hydroxyl groups excluding tert-OH is 1. The summed E-state index contributed by atoms with van der Waals surface area (Å²) in [5, 5.41) is 23.5. The summed E-state index contributed by atoms with van der Waals surface area (Å²) < 4.78 is 16.8. The first kappa shape index (κ1) is 23.0. The minimum Gasteiger partial charge on any atom is -0.505 e. The predicted octanol–water partition coefficient (Wildman–Crippen LogP) is 2.55. The Balaban J connectivity index is 2.31. The number of amides is 1. The lowest BCUT2D eigenvalue weighted by molar-refractivity contribution is 0.0954. The molecule has 2 rings (SSSR count). The molecule has 0 bridgehead atoms. The lowest BCUT2D eigenvalue weighted by Gasteiger charge is -2.16. The number of nitrogens with zero attached hydrogens (tertiary/aromatic N) is 2. The zero-order valence-corrected chi connectivity index (χ0v) is 17.6. The molecule has 162 valence electrons. The number of hydrogen-bond donors (Lipinski definition) is 3. The van der Waals surface area contributed by atoms with Gasteiger partial charge in [-0.05, 0) is 39.8 Å². The smallest absolute Gasteiger partial charge is 0.271 e. The molecule has 0 atom stereocenters. The SMILES string of the molecule is CCOc1cc(C(=O)NN=Cc2c(CO)cnc(C)c2O)cc(OCC)c1OCC. The van der Waals surface area contributed by atoms with E-state index in [1.807, 2.05) is 20.8 Å². The van der Waals surface area contributed by atoms with Gasteiger partial charge in [-0.2, -0.15) is 5.10 Å². The van der Waals surface area contributed by atoms with Crippen LogP contribution in [0.2, 0.25) is 0 Å². The van der Waals surface area contributed by atoms with Crippen molar-refractivity contribution in [3.05, 3.63) is 40.7 Å². The summed E-state index contributed by atoms with van der Waals surface area (Å²) in [7, 11) is 0. The molecule has 0 saturated carbocycles. The van der Waals surface area contributed by atoms with Crippen molar-refractivity contribution in [3.63, 3.8) is 0 Å². The Labute approximate surface area is 175 Å². The Morgan fingerprint density at radius 2 is 1.73 bits per heavy atom. The van der Waals surface area contributed by atoms with E-state index in [0.29, 0.717) is 48.3 Å². The van der Waals surface area contributed by atoms with E-state index in [1.165, 1.54) is 12.4 Å². The molecule has 3 N–H and O–H groups in total. The lowest BCUT2D eigenvalue weighted by atomic mass is 10.1. The van der Waals surface area contributed by atoms with Gasteiger partial charge < -0.3 is 24.4 Å². The number of aryl methyl sites for hydroxylation is 1. The number of aromatic hydroxyl groups is 1. The number of benzene rings is 1. The van der Waals surface area contributed by atoms with Gasteiger partial charge in [0.15, 0.2) is 11.5 Å². The number of aromatic nitrogens is 1. The zero-order chi connectivity index (χ0) is 22.1. The summed E-state index contributed by atoms with van der Waals surface area (Å²) in [6.07, 6.45) is 2.70. The van der Waals surface area contributed by atoms with E-state index in [9.17, 15) is 15.0 Å². The Hall–Kier alpha value is -3.33. The van der Waals surface area contributed by atoms with Crippen molar-refractivity contribution < 1.29 is 29.2 Å². The maximum atomic E-state index is 12.6. The third-order valence-corrected chi connectivity index (χ3v) is 4.06. The maximum Gasteiger partial charge on any atom is 0.271 e. The van der Waals surface area contributed by atoms with Crippen molar-refractivity contribution in [2.45, 2.75) is 34.3 Å². The van der Waals surface area contributed by atoms with E-state index in [1.54, 1.807) is 19.1 Å². The molecule has 0 unspecified atom stereocenters. The maximum absolute atomic E-state index is 12.6. The van der Waals surface area contributed by atoms with Gasteiger partial charge in [-0.15, -0.1) is 0 Å². The van der Waals surface area contributed by atoms with Gasteiger partial charge in [-0.25, -0.2) is 5.43 Å². The number of hydrazone groups is 1. The van der Waals surface area contributed by atoms with Gasteiger partial charge in [0.1, 0.15) is 5.75 Å². The molecule has 0 aliphatic heterocycles. The van der Waals surface area contributed by atoms with E-state index < -0.39 is 5.91 Å². The second kappa shape index (κ2) is 11.0. The molecule has 2 aromatic rings. The molecule has 9 nitrogen and oxygen atoms in total. The van der Waals surface area contributed by atoms with Crippen LogP contribution in [0, 0.1) is 6.92 Å². The van der Waals surface area contributed by atoms with Crippen molar-refractivity contribution in [2.75, 3.05) is 19.8 Å². The highest BCUT2D eigenvalue weighted by atomic mass is 16.5. The number of aliphatic hydroxyl groups is 1. The van der Waals surface area contributed by atoms with Gasteiger partial charge in [0, 0.05) is 22.9 Å². The standard InChI is InChI=1S/C21H27N3O6/c1-5-28-17-8-14(9-18(29-6-2)20(17)30-7-3)21(27)24-23-11-16-15(12-25)10-22-13(4)19(16)26/h8-11,25-26H,5-7,12H2,1-4H3,(H,24,27). The highest BCUT2D eigenvalue weighted by Gasteiger charge is 2.18. The lowest BCUT2D eigenvalue weighted by Crippen LogP contribution is -2.18. The van der Waals surface area contributed by atoms with E-state index in [0.717, 1.165) is 0 Å². The van der Waals surface area contributed by atoms with Crippen LogP contribution >= 0.6 is 0 Å². The molecule has 0 radical (unpaired) electrons. The largest absolute Gasteiger partial charge is 0.505 e. The third-order valence-electron chi connectivity index (χ3n) is 4.06. The van der Waals surface area contributed by atoms with Crippen LogP contribution in [0.1, 0.15) is 48.0 Å². The summed E-state index contributed by atoms with van der Waals surface area (Å²) in [6.45, 7) is 7.99. The average Bonchev–Trinajstić information content (AvgIpc) is 2.73. The second-order valence-corrected chi connectivity index (χ2v) is 6.09. The number of nitrogens with one attached hydrogen (secondary N) is 1. The van der Waals surface area contributed by atoms with E-state index >= 15 is 0 Å². The fourth-order valence-corrected chi connectivity index (χ4v) is 2.66. The van der Waals surface area contributed by atoms with Crippen LogP contribution in [0.25, 0.3) is 0 Å². The molecule has 0 saturated heterocycles. The van der Waals surface area contributed by atoms with Crippen molar-refractivity contribution in [1.82, 2.24) is 10.4 Å². The van der Waals surface area contributed by atoms with Crippen molar-refractivity contribution in [2.24, 2.45) is 5.10 Å². The molecule has 9 heteroatoms. The number of carbonyl (C=O) groups is 1. The topological polar surface area (TPSA) is 123 Å². The summed E-state index contributed by atoms with van der Waals surface area (Å²) >= 11 is 0. The highest BCUT2D eigenvalue weighted by Crippen LogP contribution is 2.39. The van der Waals surface area contributed by atoms with Crippen LogP contribution in [-0.2, 0) is 6.61 Å². The summed E-state index contributed by atoms with van der Waals surface area (Å²) in [4.78, 5) is 16.6. The van der Waals surface area contributed by atoms with Crippen LogP contribution < -0.4 is 19.6 Å². The van der Waals surface area contributed by atoms with Crippen LogP contribution in [0.5, 0.6) is 23.0 Å². The van der Waals surface area contributed by atoms with Gasteiger partial charge in [0.25, 0.3) is 5.91 Å². The molecular formula is C21H27N3O6. The molecule has 1 heterocycles. The van der Waals surface area contributed by atoms with Gasteiger partial charge >= 0.3 is 0 Å². The monoisotopic (exact) mass is 417 g/mol. The highest BCUT2D eigenvalue weighted by molar-refractivity contribution is 5.96. The molecular weight excluding hydrogens is 390 g/mol. The molecule has 0 fully saturated rings. The normalized spacial score (nSPS) is 10.8. The number of carbonyl (C=O) groups excluding carboxylic acids is 1. The fraction of sp³-hybridized carbons (Fsp3) is 0.381. The minimum atomic E-state index is -0.507. The molecule has 0 spiro atoms. The summed E-state index contributed by atoms with van der Waals surface area (Å²) in [6, 6.07) is 3.10. The van der Waals surface area contributed by atoms with Gasteiger partial charge in [-0.1, -0.05) is 0 Å². The first-order valence-corrected chi connectivity index (χ1v) is 9.64. The molecule has 1 amide bonds. The Morgan fingerprint density at radius 3 is 2.27 bits per heavy atom. The summed E-state index contributed by atoms with van der Waals surface area (Å²) in [5.41, 5.74) is 3.71. The molecule has 0 aliphatic carbocycles. The van der Waals surface area contributed by atoms with Crippen molar-refractivity contribution in [1.29, 1.82) is 0 Å². The number of pyridine rings is 1. The number of ether oxygens (including phenoxy) is 3. The third kappa shape index (κ3) is 5.38. The van der Waals surface area contributed by atoms with Crippen LogP contribution in [0.3, 0.4) is 0 Å². The predicted molar refractivity (Wildman–Crippen MR) is 112 cm³/mol.